The Hall–Kier alpha value is -3.26. The standard InChI is InChI=1S/C23H22FN3O/c1-2-3-4-5-18-14-26-23(27-15-18)19-8-6-17(7-9-19)16-28-21-11-10-20(13-25)22(24)12-21/h6-12,14-15H,2-5,16H2,1H3. The minimum atomic E-state index is -0.578. The lowest BCUT2D eigenvalue weighted by molar-refractivity contribution is 0.304. The zero-order valence-corrected chi connectivity index (χ0v) is 15.9. The first-order valence-electron chi connectivity index (χ1n) is 9.42. The number of halogens is 1. The number of rotatable bonds is 8. The van der Waals surface area contributed by atoms with E-state index in [1.807, 2.05) is 36.7 Å². The summed E-state index contributed by atoms with van der Waals surface area (Å²) in [7, 11) is 0. The number of nitriles is 1. The molecular weight excluding hydrogens is 353 g/mol. The number of aryl methyl sites for hydroxylation is 1. The van der Waals surface area contributed by atoms with Gasteiger partial charge in [-0.3, -0.25) is 0 Å². The molecule has 1 heterocycles. The Morgan fingerprint density at radius 2 is 1.75 bits per heavy atom. The van der Waals surface area contributed by atoms with Crippen LogP contribution in [-0.2, 0) is 13.0 Å². The fourth-order valence-electron chi connectivity index (χ4n) is 2.81. The van der Waals surface area contributed by atoms with E-state index in [1.54, 1.807) is 12.1 Å². The lowest BCUT2D eigenvalue weighted by Gasteiger charge is -2.08. The number of nitrogens with zero attached hydrogens (tertiary/aromatic N) is 3. The van der Waals surface area contributed by atoms with Gasteiger partial charge < -0.3 is 4.74 Å². The van der Waals surface area contributed by atoms with E-state index in [0.29, 0.717) is 18.2 Å². The number of hydrogen-bond donors (Lipinski definition) is 0. The van der Waals surface area contributed by atoms with Crippen LogP contribution in [0.5, 0.6) is 5.75 Å². The quantitative estimate of drug-likeness (QED) is 0.490. The van der Waals surface area contributed by atoms with Gasteiger partial charge in [0.25, 0.3) is 0 Å². The Kier molecular flexibility index (Phi) is 6.69. The lowest BCUT2D eigenvalue weighted by Crippen LogP contribution is -1.97. The van der Waals surface area contributed by atoms with Crippen molar-refractivity contribution in [1.29, 1.82) is 5.26 Å². The zero-order chi connectivity index (χ0) is 19.8. The summed E-state index contributed by atoms with van der Waals surface area (Å²) in [6, 6.07) is 13.8. The molecule has 2 aromatic carbocycles. The Labute approximate surface area is 164 Å². The van der Waals surface area contributed by atoms with Crippen molar-refractivity contribution in [2.24, 2.45) is 0 Å². The maximum absolute atomic E-state index is 13.6. The predicted octanol–water partition coefficient (Wildman–Crippen LogP) is 5.47. The molecule has 0 radical (unpaired) electrons. The molecule has 28 heavy (non-hydrogen) atoms. The smallest absolute Gasteiger partial charge is 0.159 e. The van der Waals surface area contributed by atoms with Gasteiger partial charge in [-0.1, -0.05) is 44.0 Å². The van der Waals surface area contributed by atoms with E-state index < -0.39 is 5.82 Å². The molecule has 0 spiro atoms. The summed E-state index contributed by atoms with van der Waals surface area (Å²) < 4.78 is 19.2. The average Bonchev–Trinajstić information content (AvgIpc) is 2.73. The van der Waals surface area contributed by atoms with Crippen LogP contribution in [0.3, 0.4) is 0 Å². The van der Waals surface area contributed by atoms with E-state index in [2.05, 4.69) is 16.9 Å². The minimum Gasteiger partial charge on any atom is -0.489 e. The highest BCUT2D eigenvalue weighted by atomic mass is 19.1. The van der Waals surface area contributed by atoms with Crippen molar-refractivity contribution in [3.8, 4) is 23.2 Å². The second kappa shape index (κ2) is 9.61. The Balaban J connectivity index is 1.59. The highest BCUT2D eigenvalue weighted by molar-refractivity contribution is 5.55. The van der Waals surface area contributed by atoms with E-state index in [1.165, 1.54) is 25.0 Å². The molecule has 4 nitrogen and oxygen atoms in total. The van der Waals surface area contributed by atoms with Crippen LogP contribution in [0.4, 0.5) is 4.39 Å². The number of benzene rings is 2. The largest absolute Gasteiger partial charge is 0.489 e. The van der Waals surface area contributed by atoms with E-state index in [4.69, 9.17) is 10.00 Å². The molecule has 0 saturated heterocycles. The second-order valence-electron chi connectivity index (χ2n) is 6.61. The molecule has 1 aromatic heterocycles. The Morgan fingerprint density at radius 3 is 2.39 bits per heavy atom. The van der Waals surface area contributed by atoms with Gasteiger partial charge in [0, 0.05) is 24.0 Å². The van der Waals surface area contributed by atoms with Gasteiger partial charge in [0.1, 0.15) is 24.2 Å². The monoisotopic (exact) mass is 375 g/mol. The van der Waals surface area contributed by atoms with Crippen LogP contribution < -0.4 is 4.74 Å². The molecule has 0 saturated carbocycles. The van der Waals surface area contributed by atoms with Crippen molar-refractivity contribution in [1.82, 2.24) is 9.97 Å². The molecule has 0 atom stereocenters. The summed E-state index contributed by atoms with van der Waals surface area (Å²) in [5.74, 6) is 0.508. The first-order valence-corrected chi connectivity index (χ1v) is 9.42. The van der Waals surface area contributed by atoms with Gasteiger partial charge in [-0.25, -0.2) is 14.4 Å². The first-order chi connectivity index (χ1) is 13.7. The van der Waals surface area contributed by atoms with E-state index >= 15 is 0 Å². The summed E-state index contributed by atoms with van der Waals surface area (Å²) in [6.07, 6.45) is 8.40. The maximum atomic E-state index is 13.6. The molecule has 0 aliphatic heterocycles. The van der Waals surface area contributed by atoms with Crippen molar-refractivity contribution in [2.75, 3.05) is 0 Å². The van der Waals surface area contributed by atoms with Crippen LogP contribution in [0.1, 0.15) is 42.9 Å². The second-order valence-corrected chi connectivity index (χ2v) is 6.61. The summed E-state index contributed by atoms with van der Waals surface area (Å²) in [5, 5.41) is 8.76. The molecule has 5 heteroatoms. The van der Waals surface area contributed by atoms with Gasteiger partial charge in [0.2, 0.25) is 0 Å². The summed E-state index contributed by atoms with van der Waals surface area (Å²) in [5.41, 5.74) is 3.06. The van der Waals surface area contributed by atoms with Gasteiger partial charge in [-0.05, 0) is 36.1 Å². The molecule has 142 valence electrons. The average molecular weight is 375 g/mol. The van der Waals surface area contributed by atoms with Crippen LogP contribution in [0.2, 0.25) is 0 Å². The van der Waals surface area contributed by atoms with Gasteiger partial charge >= 0.3 is 0 Å². The molecule has 3 aromatic rings. The fraction of sp³-hybridized carbons (Fsp3) is 0.261. The maximum Gasteiger partial charge on any atom is 0.159 e. The predicted molar refractivity (Wildman–Crippen MR) is 106 cm³/mol. The Bertz CT molecular complexity index is 947. The molecular formula is C23H22FN3O. The molecule has 0 aliphatic rings. The van der Waals surface area contributed by atoms with Gasteiger partial charge in [0.15, 0.2) is 5.82 Å². The minimum absolute atomic E-state index is 0.00749. The SMILES string of the molecule is CCCCCc1cnc(-c2ccc(COc3ccc(C#N)c(F)c3)cc2)nc1. The summed E-state index contributed by atoms with van der Waals surface area (Å²) >= 11 is 0. The fourth-order valence-corrected chi connectivity index (χ4v) is 2.81. The summed E-state index contributed by atoms with van der Waals surface area (Å²) in [4.78, 5) is 8.93. The lowest BCUT2D eigenvalue weighted by atomic mass is 10.1. The van der Waals surface area contributed by atoms with Crippen molar-refractivity contribution in [3.63, 3.8) is 0 Å². The highest BCUT2D eigenvalue weighted by Gasteiger charge is 2.05. The zero-order valence-electron chi connectivity index (χ0n) is 15.9. The van der Waals surface area contributed by atoms with E-state index in [0.717, 1.165) is 29.5 Å². The van der Waals surface area contributed by atoms with Crippen LogP contribution in [-0.4, -0.2) is 9.97 Å². The molecule has 0 amide bonds. The van der Waals surface area contributed by atoms with Gasteiger partial charge in [-0.15, -0.1) is 0 Å². The van der Waals surface area contributed by atoms with E-state index in [9.17, 15) is 4.39 Å². The van der Waals surface area contributed by atoms with Crippen LogP contribution >= 0.6 is 0 Å². The van der Waals surface area contributed by atoms with Crippen molar-refractivity contribution in [3.05, 3.63) is 77.4 Å². The van der Waals surface area contributed by atoms with Gasteiger partial charge in [0.05, 0.1) is 5.56 Å². The topological polar surface area (TPSA) is 58.8 Å². The number of aromatic nitrogens is 2. The summed E-state index contributed by atoms with van der Waals surface area (Å²) in [6.45, 7) is 2.50. The number of unbranched alkanes of at least 4 members (excludes halogenated alkanes) is 2. The molecule has 0 aliphatic carbocycles. The highest BCUT2D eigenvalue weighted by Crippen LogP contribution is 2.19. The van der Waals surface area contributed by atoms with Crippen LogP contribution in [0.15, 0.2) is 54.9 Å². The number of ether oxygens (including phenoxy) is 1. The van der Waals surface area contributed by atoms with Crippen molar-refractivity contribution >= 4 is 0 Å². The molecule has 0 unspecified atom stereocenters. The van der Waals surface area contributed by atoms with Crippen molar-refractivity contribution in [2.45, 2.75) is 39.2 Å². The van der Waals surface area contributed by atoms with Crippen LogP contribution in [0, 0.1) is 17.1 Å². The Morgan fingerprint density at radius 1 is 1.00 bits per heavy atom. The molecule has 0 bridgehead atoms. The van der Waals surface area contributed by atoms with E-state index in [-0.39, 0.29) is 5.56 Å². The molecule has 0 fully saturated rings. The molecule has 0 N–H and O–H groups in total. The van der Waals surface area contributed by atoms with Crippen molar-refractivity contribution < 1.29 is 9.13 Å². The normalized spacial score (nSPS) is 10.5. The molecule has 3 rings (SSSR count). The third-order valence-electron chi connectivity index (χ3n) is 4.45. The van der Waals surface area contributed by atoms with Crippen LogP contribution in [0.25, 0.3) is 11.4 Å². The first kappa shape index (κ1) is 19.5. The number of hydrogen-bond acceptors (Lipinski definition) is 4. The third-order valence-corrected chi connectivity index (χ3v) is 4.45. The third kappa shape index (κ3) is 5.14. The van der Waals surface area contributed by atoms with Gasteiger partial charge in [-0.2, -0.15) is 5.26 Å².